The molecule has 1 atom stereocenters. The molecule has 1 aliphatic rings. The molecule has 1 saturated heterocycles. The van der Waals surface area contributed by atoms with Crippen molar-refractivity contribution in [3.05, 3.63) is 36.4 Å². The Morgan fingerprint density at radius 1 is 1.19 bits per heavy atom. The van der Waals surface area contributed by atoms with E-state index in [9.17, 15) is 9.59 Å². The summed E-state index contributed by atoms with van der Waals surface area (Å²) >= 11 is 0. The fourth-order valence-corrected chi connectivity index (χ4v) is 2.42. The number of carbonyl (C=O) groups is 2. The van der Waals surface area contributed by atoms with Crippen LogP contribution in [-0.2, 0) is 14.2 Å². The summed E-state index contributed by atoms with van der Waals surface area (Å²) in [6.07, 6.45) is 9.49. The molecule has 0 aliphatic carbocycles. The third kappa shape index (κ3) is 5.41. The van der Waals surface area contributed by atoms with Crippen LogP contribution in [0.3, 0.4) is 0 Å². The second-order valence-electron chi connectivity index (χ2n) is 5.36. The second kappa shape index (κ2) is 10.3. The summed E-state index contributed by atoms with van der Waals surface area (Å²) in [7, 11) is 0. The highest BCUT2D eigenvalue weighted by Crippen LogP contribution is 2.23. The van der Waals surface area contributed by atoms with Gasteiger partial charge in [-0.05, 0) is 33.1 Å². The lowest BCUT2D eigenvalue weighted by Crippen LogP contribution is -2.22. The number of aromatic amines is 1. The summed E-state index contributed by atoms with van der Waals surface area (Å²) in [5.74, 6) is -0.218. The Labute approximate surface area is 151 Å². The zero-order chi connectivity index (χ0) is 18.8. The minimum absolute atomic E-state index is 0.0735. The molecule has 0 spiro atoms. The van der Waals surface area contributed by atoms with E-state index in [2.05, 4.69) is 19.7 Å². The maximum Gasteiger partial charge on any atom is 0.374 e. The van der Waals surface area contributed by atoms with E-state index in [1.807, 2.05) is 0 Å². The predicted octanol–water partition coefficient (Wildman–Crippen LogP) is 2.35. The zero-order valence-electron chi connectivity index (χ0n) is 15.0. The van der Waals surface area contributed by atoms with Crippen LogP contribution in [-0.4, -0.2) is 51.3 Å². The molecular formula is C17H24N4O5. The van der Waals surface area contributed by atoms with Crippen LogP contribution in [0.5, 0.6) is 0 Å². The Morgan fingerprint density at radius 2 is 1.96 bits per heavy atom. The summed E-state index contributed by atoms with van der Waals surface area (Å²) < 4.78 is 17.0. The molecule has 1 fully saturated rings. The van der Waals surface area contributed by atoms with Gasteiger partial charge >= 0.3 is 11.9 Å². The average Bonchev–Trinajstić information content (AvgIpc) is 3.35. The number of H-pyrrole nitrogens is 1. The normalized spacial score (nSPS) is 16.3. The van der Waals surface area contributed by atoms with Crippen molar-refractivity contribution in [2.24, 2.45) is 0 Å². The van der Waals surface area contributed by atoms with E-state index in [1.165, 1.54) is 6.20 Å². The van der Waals surface area contributed by atoms with Gasteiger partial charge in [0.2, 0.25) is 11.6 Å². The Kier molecular flexibility index (Phi) is 7.81. The monoisotopic (exact) mass is 364 g/mol. The van der Waals surface area contributed by atoms with Crippen molar-refractivity contribution in [3.63, 3.8) is 0 Å². The molecule has 3 rings (SSSR count). The van der Waals surface area contributed by atoms with Crippen LogP contribution in [0.25, 0.3) is 0 Å². The Balaban J connectivity index is 0.000000209. The molecule has 0 amide bonds. The Hall–Kier alpha value is -2.68. The van der Waals surface area contributed by atoms with Gasteiger partial charge in [0.15, 0.2) is 0 Å². The predicted molar refractivity (Wildman–Crippen MR) is 91.6 cm³/mol. The van der Waals surface area contributed by atoms with Gasteiger partial charge in [0.25, 0.3) is 0 Å². The molecular weight excluding hydrogens is 340 g/mol. The maximum atomic E-state index is 11.6. The van der Waals surface area contributed by atoms with Crippen LogP contribution >= 0.6 is 0 Å². The number of nitrogens with zero attached hydrogens (tertiary/aromatic N) is 3. The van der Waals surface area contributed by atoms with Crippen molar-refractivity contribution in [2.75, 3.05) is 19.8 Å². The van der Waals surface area contributed by atoms with Gasteiger partial charge in [0.1, 0.15) is 6.23 Å². The number of esters is 2. The number of rotatable bonds is 5. The number of ether oxygens (including phenoxy) is 3. The van der Waals surface area contributed by atoms with Crippen LogP contribution in [0, 0.1) is 0 Å². The minimum atomic E-state index is -0.410. The largest absolute Gasteiger partial charge is 0.460 e. The van der Waals surface area contributed by atoms with Crippen molar-refractivity contribution in [3.8, 4) is 0 Å². The number of hydrogen-bond acceptors (Lipinski definition) is 7. The highest BCUT2D eigenvalue weighted by molar-refractivity contribution is 5.85. The number of imidazole rings is 2. The van der Waals surface area contributed by atoms with Gasteiger partial charge in [0, 0.05) is 31.4 Å². The van der Waals surface area contributed by atoms with E-state index in [1.54, 1.807) is 37.0 Å². The van der Waals surface area contributed by atoms with Crippen molar-refractivity contribution in [2.45, 2.75) is 39.3 Å². The lowest BCUT2D eigenvalue weighted by molar-refractivity contribution is -0.0343. The molecule has 0 aromatic carbocycles. The molecule has 9 heteroatoms. The molecule has 0 saturated carbocycles. The second-order valence-corrected chi connectivity index (χ2v) is 5.36. The lowest BCUT2D eigenvalue weighted by atomic mass is 10.2. The smallest absolute Gasteiger partial charge is 0.374 e. The average molecular weight is 364 g/mol. The highest BCUT2D eigenvalue weighted by Gasteiger charge is 2.22. The van der Waals surface area contributed by atoms with Crippen LogP contribution in [0.15, 0.2) is 24.8 Å². The van der Waals surface area contributed by atoms with Crippen LogP contribution < -0.4 is 0 Å². The summed E-state index contributed by atoms with van der Waals surface area (Å²) in [5.41, 5.74) is 0. The summed E-state index contributed by atoms with van der Waals surface area (Å²) in [6.45, 7) is 5.00. The number of carbonyl (C=O) groups excluding carboxylic acids is 2. The Bertz CT molecular complexity index is 677. The van der Waals surface area contributed by atoms with E-state index in [0.29, 0.717) is 19.0 Å². The quantitative estimate of drug-likeness (QED) is 0.811. The fraction of sp³-hybridized carbons (Fsp3) is 0.529. The molecule has 0 radical (unpaired) electrons. The minimum Gasteiger partial charge on any atom is -0.460 e. The van der Waals surface area contributed by atoms with Crippen LogP contribution in [0.1, 0.15) is 60.6 Å². The van der Waals surface area contributed by atoms with E-state index in [4.69, 9.17) is 9.47 Å². The van der Waals surface area contributed by atoms with Crippen molar-refractivity contribution in [1.82, 2.24) is 19.5 Å². The van der Waals surface area contributed by atoms with E-state index >= 15 is 0 Å². The molecule has 26 heavy (non-hydrogen) atoms. The molecule has 2 aromatic heterocycles. The summed E-state index contributed by atoms with van der Waals surface area (Å²) in [6, 6.07) is 0. The van der Waals surface area contributed by atoms with Gasteiger partial charge in [-0.2, -0.15) is 0 Å². The summed E-state index contributed by atoms with van der Waals surface area (Å²) in [5, 5.41) is 0. The van der Waals surface area contributed by atoms with Gasteiger partial charge in [0.05, 0.1) is 13.2 Å². The molecule has 2 aromatic rings. The standard InChI is InChI=1S/C11H16N2O3.C6H8N2O2/c1-2-15-11(14)10-12-6-7-13(10)9-5-3-4-8-16-9;1-2-10-6(9)5-7-3-4-8-5/h6-7,9H,2-5,8H2,1H3;3-4H,2H2,1H3,(H,7,8). The first-order chi connectivity index (χ1) is 12.7. The van der Waals surface area contributed by atoms with E-state index in [0.717, 1.165) is 25.9 Å². The van der Waals surface area contributed by atoms with E-state index in [-0.39, 0.29) is 18.0 Å². The van der Waals surface area contributed by atoms with Gasteiger partial charge in [-0.1, -0.05) is 0 Å². The first kappa shape index (κ1) is 19.6. The molecule has 142 valence electrons. The molecule has 0 bridgehead atoms. The van der Waals surface area contributed by atoms with Crippen LogP contribution in [0.2, 0.25) is 0 Å². The van der Waals surface area contributed by atoms with E-state index < -0.39 is 5.97 Å². The van der Waals surface area contributed by atoms with Gasteiger partial charge in [-0.15, -0.1) is 0 Å². The van der Waals surface area contributed by atoms with Gasteiger partial charge in [-0.25, -0.2) is 19.6 Å². The third-order valence-corrected chi connectivity index (χ3v) is 3.56. The lowest BCUT2D eigenvalue weighted by Gasteiger charge is -2.24. The third-order valence-electron chi connectivity index (χ3n) is 3.56. The van der Waals surface area contributed by atoms with Crippen molar-refractivity contribution < 1.29 is 23.8 Å². The molecule has 1 aliphatic heterocycles. The first-order valence-electron chi connectivity index (χ1n) is 8.65. The summed E-state index contributed by atoms with van der Waals surface area (Å²) in [4.78, 5) is 32.8. The number of nitrogens with one attached hydrogen (secondary N) is 1. The topological polar surface area (TPSA) is 108 Å². The van der Waals surface area contributed by atoms with Crippen molar-refractivity contribution >= 4 is 11.9 Å². The fourth-order valence-electron chi connectivity index (χ4n) is 2.42. The zero-order valence-corrected chi connectivity index (χ0v) is 15.0. The Morgan fingerprint density at radius 3 is 2.58 bits per heavy atom. The van der Waals surface area contributed by atoms with Crippen molar-refractivity contribution in [1.29, 1.82) is 0 Å². The first-order valence-corrected chi connectivity index (χ1v) is 8.65. The number of aromatic nitrogens is 4. The number of hydrogen-bond donors (Lipinski definition) is 1. The van der Waals surface area contributed by atoms with Gasteiger partial charge < -0.3 is 19.2 Å². The van der Waals surface area contributed by atoms with Gasteiger partial charge in [-0.3, -0.25) is 4.57 Å². The SMILES string of the molecule is CCOC(=O)c1ncc[nH]1.CCOC(=O)c1nccn1C1CCCCO1. The molecule has 9 nitrogen and oxygen atoms in total. The maximum absolute atomic E-state index is 11.6. The molecule has 3 heterocycles. The van der Waals surface area contributed by atoms with Crippen LogP contribution in [0.4, 0.5) is 0 Å². The highest BCUT2D eigenvalue weighted by atomic mass is 16.5. The molecule has 1 N–H and O–H groups in total. The molecule has 1 unspecified atom stereocenters.